The van der Waals surface area contributed by atoms with Crippen molar-refractivity contribution in [1.82, 2.24) is 10.6 Å². The number of esters is 1. The number of aryl methyl sites for hydroxylation is 2. The number of carbonyl (C=O) groups excluding carboxylic acids is 3. The fourth-order valence-electron chi connectivity index (χ4n) is 7.43. The average Bonchev–Trinajstić information content (AvgIpc) is 3.36. The molecule has 0 heterocycles. The van der Waals surface area contributed by atoms with Gasteiger partial charge in [-0.2, -0.15) is 0 Å². The fraction of sp³-hybridized carbons (Fsp3) is 0.259. The monoisotopic (exact) mass is 995 g/mol. The Kier molecular flexibility index (Phi) is 21.3. The van der Waals surface area contributed by atoms with Crippen molar-refractivity contribution in [2.24, 2.45) is 11.7 Å². The summed E-state index contributed by atoms with van der Waals surface area (Å²) in [5.41, 5.74) is 9.53. The lowest BCUT2D eigenvalue weighted by atomic mass is 9.94. The molecule has 0 aliphatic heterocycles. The van der Waals surface area contributed by atoms with Gasteiger partial charge in [0.05, 0.1) is 28.2 Å². The Morgan fingerprint density at radius 3 is 1.23 bits per heavy atom. The molecule has 0 spiro atoms. The van der Waals surface area contributed by atoms with E-state index in [1.165, 1.54) is 23.6 Å². The molecule has 0 fully saturated rings. The van der Waals surface area contributed by atoms with Gasteiger partial charge in [-0.05, 0) is 106 Å². The highest BCUT2D eigenvalue weighted by Gasteiger charge is 2.27. The van der Waals surface area contributed by atoms with Gasteiger partial charge in [-0.25, -0.2) is 16.8 Å². The maximum Gasteiger partial charge on any atom is 0.307 e. The maximum atomic E-state index is 13.6. The maximum absolute atomic E-state index is 13.6. The zero-order valence-corrected chi connectivity index (χ0v) is 42.2. The molecule has 2 unspecified atom stereocenters. The highest BCUT2D eigenvalue weighted by molar-refractivity contribution is 7.94. The van der Waals surface area contributed by atoms with E-state index in [1.54, 1.807) is 75.4 Å². The molecule has 6 aromatic carbocycles. The van der Waals surface area contributed by atoms with E-state index in [1.807, 2.05) is 121 Å². The molecule has 71 heavy (non-hydrogen) atoms. The molecule has 2 amide bonds. The zero-order valence-electron chi connectivity index (χ0n) is 40.5. The standard InChI is InChI=1S/C32H37NO5S.C26H28N2O3S/c1-32(2,3)38-30(34)24-27(23-26-15-9-5-10-16-26)31(35)33-28(20-19-25-13-7-4-8-14-25)21-22-39(36,37)29-17-11-6-12-18-29;27-25(20-22-12-6-2-7-13-22)26(29)28-23(17-16-21-10-4-1-5-11-21)18-19-32(30,31)24-14-8-3-9-15-24/h4-18,21-22,27-28H,19-20,23-24H2,1-3H3,(H,33,35);1-15,18-19,23,25H,16-17,20,27H2,(H,28,29)/b22-21+;19-18+/t27?,28-;23-,25?/m00/s1. The van der Waals surface area contributed by atoms with Crippen LogP contribution in [0.25, 0.3) is 0 Å². The predicted molar refractivity (Wildman–Crippen MR) is 281 cm³/mol. The van der Waals surface area contributed by atoms with Crippen LogP contribution in [0.2, 0.25) is 0 Å². The number of rotatable bonds is 22. The molecule has 0 saturated heterocycles. The van der Waals surface area contributed by atoms with Gasteiger partial charge in [0.25, 0.3) is 0 Å². The second-order valence-corrected chi connectivity index (χ2v) is 21.8. The van der Waals surface area contributed by atoms with Crippen LogP contribution in [0.1, 0.15) is 62.3 Å². The SMILES string of the molecule is CC(C)(C)OC(=O)CC(Cc1ccccc1)C(=O)N[C@H](/C=C/S(=O)(=O)c1ccccc1)CCc1ccccc1.NC(Cc1ccccc1)C(=O)N[C@H](/C=C/S(=O)(=O)c1ccccc1)CCc1ccccc1. The number of nitrogens with one attached hydrogen (secondary N) is 2. The average molecular weight is 996 g/mol. The molecule has 0 aliphatic carbocycles. The molecule has 0 aromatic heterocycles. The largest absolute Gasteiger partial charge is 0.460 e. The van der Waals surface area contributed by atoms with Crippen molar-refractivity contribution in [3.8, 4) is 0 Å². The summed E-state index contributed by atoms with van der Waals surface area (Å²) in [5.74, 6) is -1.78. The Labute approximate surface area is 420 Å². The number of benzene rings is 6. The van der Waals surface area contributed by atoms with Crippen LogP contribution in [0.15, 0.2) is 215 Å². The van der Waals surface area contributed by atoms with Crippen molar-refractivity contribution in [2.75, 3.05) is 0 Å². The molecule has 4 N–H and O–H groups in total. The van der Waals surface area contributed by atoms with Crippen LogP contribution >= 0.6 is 0 Å². The first-order valence-electron chi connectivity index (χ1n) is 23.7. The molecular weight excluding hydrogens is 931 g/mol. The van der Waals surface area contributed by atoms with Crippen LogP contribution in [0, 0.1) is 5.92 Å². The minimum Gasteiger partial charge on any atom is -0.460 e. The van der Waals surface area contributed by atoms with Gasteiger partial charge in [-0.3, -0.25) is 14.4 Å². The molecule has 6 aromatic rings. The Morgan fingerprint density at radius 1 is 0.507 bits per heavy atom. The van der Waals surface area contributed by atoms with Crippen molar-refractivity contribution in [1.29, 1.82) is 0 Å². The van der Waals surface area contributed by atoms with Gasteiger partial charge in [0.1, 0.15) is 5.60 Å². The van der Waals surface area contributed by atoms with E-state index in [0.29, 0.717) is 38.5 Å². The lowest BCUT2D eigenvalue weighted by Crippen LogP contribution is -2.46. The van der Waals surface area contributed by atoms with Crippen molar-refractivity contribution in [2.45, 2.75) is 99.2 Å². The lowest BCUT2D eigenvalue weighted by Gasteiger charge is -2.24. The minimum absolute atomic E-state index is 0.0879. The number of sulfone groups is 2. The van der Waals surface area contributed by atoms with Crippen molar-refractivity contribution in [3.05, 3.63) is 227 Å². The van der Waals surface area contributed by atoms with E-state index >= 15 is 0 Å². The number of carbonyl (C=O) groups is 3. The van der Waals surface area contributed by atoms with E-state index in [9.17, 15) is 31.2 Å². The van der Waals surface area contributed by atoms with Crippen molar-refractivity contribution < 1.29 is 36.0 Å². The van der Waals surface area contributed by atoms with Crippen LogP contribution in [-0.4, -0.2) is 58.3 Å². The fourth-order valence-corrected chi connectivity index (χ4v) is 9.61. The van der Waals surface area contributed by atoms with Crippen LogP contribution < -0.4 is 16.4 Å². The van der Waals surface area contributed by atoms with Gasteiger partial charge < -0.3 is 21.1 Å². The summed E-state index contributed by atoms with van der Waals surface area (Å²) < 4.78 is 56.6. The molecule has 13 heteroatoms. The summed E-state index contributed by atoms with van der Waals surface area (Å²) in [5, 5.41) is 8.24. The second-order valence-electron chi connectivity index (χ2n) is 18.1. The Bertz CT molecular complexity index is 2840. The van der Waals surface area contributed by atoms with E-state index in [2.05, 4.69) is 10.6 Å². The summed E-state index contributed by atoms with van der Waals surface area (Å²) in [4.78, 5) is 39.4. The summed E-state index contributed by atoms with van der Waals surface area (Å²) in [6.07, 6.45) is 6.10. The lowest BCUT2D eigenvalue weighted by molar-refractivity contribution is -0.157. The molecule has 11 nitrogen and oxygen atoms in total. The predicted octanol–water partition coefficient (Wildman–Crippen LogP) is 9.34. The molecule has 0 aliphatic rings. The van der Waals surface area contributed by atoms with Gasteiger partial charge in [0, 0.05) is 22.9 Å². The van der Waals surface area contributed by atoms with Gasteiger partial charge in [0.2, 0.25) is 11.8 Å². The third kappa shape index (κ3) is 20.1. The van der Waals surface area contributed by atoms with Crippen LogP contribution in [0.3, 0.4) is 0 Å². The molecule has 4 atom stereocenters. The first-order chi connectivity index (χ1) is 34.0. The highest BCUT2D eigenvalue weighted by Crippen LogP contribution is 2.20. The second kappa shape index (κ2) is 27.5. The molecule has 0 radical (unpaired) electrons. The summed E-state index contributed by atoms with van der Waals surface area (Å²) in [6, 6.07) is 53.3. The third-order valence-electron chi connectivity index (χ3n) is 11.1. The Balaban J connectivity index is 0.000000269. The highest BCUT2D eigenvalue weighted by atomic mass is 32.2. The summed E-state index contributed by atoms with van der Waals surface area (Å²) >= 11 is 0. The topological polar surface area (TPSA) is 179 Å². The third-order valence-corrected chi connectivity index (χ3v) is 14.0. The molecule has 0 saturated carbocycles. The van der Waals surface area contributed by atoms with Crippen LogP contribution in [0.4, 0.5) is 0 Å². The normalized spacial score (nSPS) is 13.5. The minimum atomic E-state index is -3.69. The summed E-state index contributed by atoms with van der Waals surface area (Å²) in [7, 11) is -7.29. The molecular formula is C58H65N3O8S2. The van der Waals surface area contributed by atoms with E-state index < -0.39 is 55.3 Å². The number of amides is 2. The number of hydrogen-bond acceptors (Lipinski definition) is 9. The van der Waals surface area contributed by atoms with E-state index in [4.69, 9.17) is 10.5 Å². The first kappa shape index (κ1) is 55.0. The van der Waals surface area contributed by atoms with Crippen molar-refractivity contribution >= 4 is 37.5 Å². The summed E-state index contributed by atoms with van der Waals surface area (Å²) in [6.45, 7) is 5.36. The Hall–Kier alpha value is -6.93. The van der Waals surface area contributed by atoms with Gasteiger partial charge in [-0.1, -0.05) is 170 Å². The van der Waals surface area contributed by atoms with Crippen LogP contribution in [0.5, 0.6) is 0 Å². The van der Waals surface area contributed by atoms with Gasteiger partial charge in [0.15, 0.2) is 19.7 Å². The van der Waals surface area contributed by atoms with Crippen molar-refractivity contribution in [3.63, 3.8) is 0 Å². The molecule has 0 bridgehead atoms. The zero-order chi connectivity index (χ0) is 51.1. The molecule has 6 rings (SSSR count). The molecule has 372 valence electrons. The smallest absolute Gasteiger partial charge is 0.307 e. The number of ether oxygens (including phenoxy) is 1. The van der Waals surface area contributed by atoms with E-state index in [0.717, 1.165) is 27.7 Å². The quantitative estimate of drug-likeness (QED) is 0.0559. The number of hydrogen-bond donors (Lipinski definition) is 3. The first-order valence-corrected chi connectivity index (χ1v) is 26.8. The number of nitrogens with two attached hydrogens (primary N) is 1. The van der Waals surface area contributed by atoms with E-state index in [-0.39, 0.29) is 28.0 Å². The van der Waals surface area contributed by atoms with Crippen LogP contribution in [-0.2, 0) is 64.5 Å². The van der Waals surface area contributed by atoms with Gasteiger partial charge in [-0.15, -0.1) is 0 Å². The van der Waals surface area contributed by atoms with Gasteiger partial charge >= 0.3 is 5.97 Å². The Morgan fingerprint density at radius 2 is 0.845 bits per heavy atom.